The van der Waals surface area contributed by atoms with Gasteiger partial charge in [0.15, 0.2) is 24.1 Å². The van der Waals surface area contributed by atoms with Crippen LogP contribution in [0.1, 0.15) is 12.5 Å². The molecule has 0 saturated carbocycles. The Labute approximate surface area is 183 Å². The normalized spacial score (nSPS) is 40.3. The van der Waals surface area contributed by atoms with Gasteiger partial charge < -0.3 is 59.8 Å². The van der Waals surface area contributed by atoms with Crippen LogP contribution in [0.2, 0.25) is 0 Å². The molecular weight excluding hydrogens is 432 g/mol. The third-order valence-electron chi connectivity index (χ3n) is 5.61. The zero-order valence-electron chi connectivity index (χ0n) is 17.3. The molecule has 2 aliphatic rings. The van der Waals surface area contributed by atoms with Crippen molar-refractivity contribution in [2.75, 3.05) is 13.2 Å². The number of phenolic OH excluding ortho intramolecular Hbond substituents is 2. The lowest BCUT2D eigenvalue weighted by molar-refractivity contribution is -0.327. The van der Waals surface area contributed by atoms with E-state index in [1.807, 2.05) is 0 Å². The smallest absolute Gasteiger partial charge is 0.186 e. The minimum absolute atomic E-state index is 0.0222. The molecule has 182 valence electrons. The molecule has 0 radical (unpaired) electrons. The minimum atomic E-state index is -1.61. The summed E-state index contributed by atoms with van der Waals surface area (Å²) in [6.45, 7) is 1.13. The number of benzene rings is 1. The third kappa shape index (κ3) is 5.48. The summed E-state index contributed by atoms with van der Waals surface area (Å²) < 4.78 is 21.7. The van der Waals surface area contributed by atoms with Gasteiger partial charge in [0, 0.05) is 0 Å². The van der Waals surface area contributed by atoms with Gasteiger partial charge in [-0.25, -0.2) is 0 Å². The van der Waals surface area contributed by atoms with E-state index < -0.39 is 61.4 Å². The maximum absolute atomic E-state index is 10.2. The minimum Gasteiger partial charge on any atom is -0.504 e. The van der Waals surface area contributed by atoms with Crippen LogP contribution in [0.25, 0.3) is 0 Å². The highest BCUT2D eigenvalue weighted by Crippen LogP contribution is 2.27. The summed E-state index contributed by atoms with van der Waals surface area (Å²) in [5.74, 6) is -0.546. The van der Waals surface area contributed by atoms with Gasteiger partial charge in [-0.05, 0) is 31.0 Å². The Hall–Kier alpha value is -1.58. The average molecular weight is 462 g/mol. The van der Waals surface area contributed by atoms with Crippen molar-refractivity contribution in [1.82, 2.24) is 0 Å². The van der Waals surface area contributed by atoms with Crippen LogP contribution in [-0.4, -0.2) is 115 Å². The lowest BCUT2D eigenvalue weighted by Gasteiger charge is -2.42. The van der Waals surface area contributed by atoms with Gasteiger partial charge in [0.05, 0.1) is 19.3 Å². The summed E-state index contributed by atoms with van der Waals surface area (Å²) in [7, 11) is 0. The fraction of sp³-hybridized carbons (Fsp3) is 0.700. The highest BCUT2D eigenvalue weighted by atomic mass is 16.7. The van der Waals surface area contributed by atoms with E-state index in [-0.39, 0.29) is 24.7 Å². The number of aromatic hydroxyl groups is 2. The van der Waals surface area contributed by atoms with E-state index >= 15 is 0 Å². The number of aliphatic hydroxyl groups excluding tert-OH is 6. The number of aliphatic hydroxyl groups is 6. The second-order valence-corrected chi connectivity index (χ2v) is 7.97. The van der Waals surface area contributed by atoms with E-state index in [2.05, 4.69) is 0 Å². The number of ether oxygens (including phenoxy) is 4. The zero-order chi connectivity index (χ0) is 23.6. The first-order chi connectivity index (χ1) is 15.1. The lowest BCUT2D eigenvalue weighted by atomic mass is 9.98. The molecule has 2 saturated heterocycles. The van der Waals surface area contributed by atoms with Crippen molar-refractivity contribution in [3.05, 3.63) is 23.8 Å². The highest BCUT2D eigenvalue weighted by Gasteiger charge is 2.46. The van der Waals surface area contributed by atoms with Crippen molar-refractivity contribution >= 4 is 0 Å². The number of rotatable bonds is 7. The van der Waals surface area contributed by atoms with Crippen molar-refractivity contribution in [3.8, 4) is 11.5 Å². The molecule has 2 aliphatic heterocycles. The molecule has 2 heterocycles. The van der Waals surface area contributed by atoms with Crippen LogP contribution >= 0.6 is 0 Å². The van der Waals surface area contributed by atoms with Gasteiger partial charge in [-0.1, -0.05) is 6.07 Å². The van der Waals surface area contributed by atoms with E-state index in [1.165, 1.54) is 19.1 Å². The van der Waals surface area contributed by atoms with E-state index in [9.17, 15) is 40.9 Å². The molecular formula is C20H30O12. The summed E-state index contributed by atoms with van der Waals surface area (Å²) in [5, 5.41) is 79.0. The summed E-state index contributed by atoms with van der Waals surface area (Å²) in [6.07, 6.45) is -13.4. The van der Waals surface area contributed by atoms with Gasteiger partial charge in [-0.15, -0.1) is 0 Å². The van der Waals surface area contributed by atoms with Gasteiger partial charge in [0.1, 0.15) is 42.7 Å². The van der Waals surface area contributed by atoms with Crippen LogP contribution < -0.4 is 0 Å². The molecule has 1 aromatic carbocycles. The largest absolute Gasteiger partial charge is 0.504 e. The quantitative estimate of drug-likeness (QED) is 0.196. The number of hydrogen-bond donors (Lipinski definition) is 8. The molecule has 0 amide bonds. The highest BCUT2D eigenvalue weighted by molar-refractivity contribution is 5.40. The van der Waals surface area contributed by atoms with Crippen molar-refractivity contribution in [1.29, 1.82) is 0 Å². The fourth-order valence-electron chi connectivity index (χ4n) is 3.55. The van der Waals surface area contributed by atoms with Crippen molar-refractivity contribution in [2.45, 2.75) is 74.8 Å². The van der Waals surface area contributed by atoms with Gasteiger partial charge in [-0.3, -0.25) is 0 Å². The predicted octanol–water partition coefficient (Wildman–Crippen LogP) is -2.69. The van der Waals surface area contributed by atoms with Crippen LogP contribution in [-0.2, 0) is 25.4 Å². The molecule has 0 bridgehead atoms. The van der Waals surface area contributed by atoms with Gasteiger partial charge >= 0.3 is 0 Å². The zero-order valence-corrected chi connectivity index (χ0v) is 17.3. The predicted molar refractivity (Wildman–Crippen MR) is 104 cm³/mol. The Balaban J connectivity index is 1.54. The number of phenols is 2. The van der Waals surface area contributed by atoms with E-state index in [4.69, 9.17) is 18.9 Å². The molecule has 0 aliphatic carbocycles. The van der Waals surface area contributed by atoms with Crippen LogP contribution in [0.15, 0.2) is 18.2 Å². The van der Waals surface area contributed by atoms with Crippen LogP contribution in [0.3, 0.4) is 0 Å². The average Bonchev–Trinajstić information content (AvgIpc) is 2.77. The van der Waals surface area contributed by atoms with Crippen molar-refractivity contribution in [3.63, 3.8) is 0 Å². The number of hydrogen-bond acceptors (Lipinski definition) is 12. The second kappa shape index (κ2) is 10.6. The maximum atomic E-state index is 10.2. The summed E-state index contributed by atoms with van der Waals surface area (Å²) >= 11 is 0. The standard InChI is InChI=1S/C20H30O12/c1-8-13(23)15(25)17(27)20(31-8)30-7-12-14(24)16(26)18(28)19(32-12)29-5-4-9-2-3-10(21)11(22)6-9/h2-3,6,8,12-28H,4-5,7H2,1H3/t8-,12-,13-,14-,15+,16+,17+,18-,19+,20-/m1/s1. The Kier molecular flexibility index (Phi) is 8.27. The van der Waals surface area contributed by atoms with E-state index in [0.717, 1.165) is 0 Å². The molecule has 1 aromatic rings. The molecule has 2 fully saturated rings. The van der Waals surface area contributed by atoms with Crippen LogP contribution in [0.5, 0.6) is 11.5 Å². The maximum Gasteiger partial charge on any atom is 0.186 e. The van der Waals surface area contributed by atoms with Crippen molar-refractivity contribution < 1.29 is 59.8 Å². The molecule has 8 N–H and O–H groups in total. The van der Waals surface area contributed by atoms with Gasteiger partial charge in [0.25, 0.3) is 0 Å². The van der Waals surface area contributed by atoms with Crippen LogP contribution in [0, 0.1) is 0 Å². The van der Waals surface area contributed by atoms with E-state index in [1.54, 1.807) is 6.07 Å². The Morgan fingerprint density at radius 3 is 2.03 bits per heavy atom. The molecule has 3 rings (SSSR count). The SMILES string of the molecule is C[C@H]1O[C@@H](OC[C@H]2O[C@H](OCCc3ccc(O)c(O)c3)[C@H](O)[C@@H](O)[C@@H]2O)[C@@H](O)[C@@H](O)[C@@H]1O. The summed E-state index contributed by atoms with van der Waals surface area (Å²) in [5.41, 5.74) is 0.643. The molecule has 0 aromatic heterocycles. The Bertz CT molecular complexity index is 747. The molecule has 10 atom stereocenters. The summed E-state index contributed by atoms with van der Waals surface area (Å²) in [4.78, 5) is 0. The first kappa shape index (κ1) is 25.1. The lowest BCUT2D eigenvalue weighted by Crippen LogP contribution is -2.61. The molecule has 32 heavy (non-hydrogen) atoms. The van der Waals surface area contributed by atoms with Gasteiger partial charge in [0.2, 0.25) is 0 Å². The monoisotopic (exact) mass is 462 g/mol. The van der Waals surface area contributed by atoms with Crippen molar-refractivity contribution in [2.24, 2.45) is 0 Å². The van der Waals surface area contributed by atoms with Gasteiger partial charge in [-0.2, -0.15) is 0 Å². The summed E-state index contributed by atoms with van der Waals surface area (Å²) in [6, 6.07) is 4.25. The Morgan fingerprint density at radius 1 is 0.750 bits per heavy atom. The molecule has 0 spiro atoms. The van der Waals surface area contributed by atoms with E-state index in [0.29, 0.717) is 12.0 Å². The first-order valence-corrected chi connectivity index (χ1v) is 10.2. The van der Waals surface area contributed by atoms with Crippen LogP contribution in [0.4, 0.5) is 0 Å². The molecule has 0 unspecified atom stereocenters. The Morgan fingerprint density at radius 2 is 1.38 bits per heavy atom. The second-order valence-electron chi connectivity index (χ2n) is 7.97. The molecule has 12 heteroatoms. The fourth-order valence-corrected chi connectivity index (χ4v) is 3.55. The molecule has 12 nitrogen and oxygen atoms in total. The topological polar surface area (TPSA) is 199 Å². The third-order valence-corrected chi connectivity index (χ3v) is 5.61. The first-order valence-electron chi connectivity index (χ1n) is 10.2.